The van der Waals surface area contributed by atoms with Gasteiger partial charge in [-0.1, -0.05) is 18.2 Å². The fraction of sp³-hybridized carbons (Fsp3) is 0.538. The first-order valence-corrected chi connectivity index (χ1v) is 5.68. The quantitative estimate of drug-likeness (QED) is 0.724. The van der Waals surface area contributed by atoms with Crippen LogP contribution in [0.5, 0.6) is 0 Å². The van der Waals surface area contributed by atoms with Crippen molar-refractivity contribution in [2.45, 2.75) is 18.4 Å². The maximum Gasteiger partial charge on any atom is 0.127 e. The van der Waals surface area contributed by atoms with Crippen LogP contribution in [0.2, 0.25) is 0 Å². The van der Waals surface area contributed by atoms with E-state index in [4.69, 9.17) is 9.47 Å². The molecule has 1 aromatic carbocycles. The van der Waals surface area contributed by atoms with Crippen molar-refractivity contribution in [1.82, 2.24) is 0 Å². The standard InChI is InChI=1S/C13H15FO2/c1-9-11-6-15-7-13(11,8-16-9)10-4-2-3-5-12(10)14/h2-5,9,11H,6-8H2,1H3/t9-,11-,13+/m1/s1. The third-order valence-electron chi connectivity index (χ3n) is 3.95. The Morgan fingerprint density at radius 1 is 1.31 bits per heavy atom. The van der Waals surface area contributed by atoms with Gasteiger partial charge in [0, 0.05) is 5.92 Å². The van der Waals surface area contributed by atoms with Crippen molar-refractivity contribution < 1.29 is 13.9 Å². The summed E-state index contributed by atoms with van der Waals surface area (Å²) in [6, 6.07) is 6.98. The van der Waals surface area contributed by atoms with Crippen LogP contribution in [-0.4, -0.2) is 25.9 Å². The second-order valence-corrected chi connectivity index (χ2v) is 4.77. The number of hydrogen-bond donors (Lipinski definition) is 0. The summed E-state index contributed by atoms with van der Waals surface area (Å²) >= 11 is 0. The van der Waals surface area contributed by atoms with Crippen molar-refractivity contribution in [3.05, 3.63) is 35.6 Å². The number of hydrogen-bond acceptors (Lipinski definition) is 2. The van der Waals surface area contributed by atoms with Gasteiger partial charge in [0.25, 0.3) is 0 Å². The SMILES string of the molecule is C[C@H]1OC[C@]2(c3ccccc3F)COC[C@H]12. The molecule has 0 N–H and O–H groups in total. The van der Waals surface area contributed by atoms with E-state index in [1.807, 2.05) is 19.1 Å². The van der Waals surface area contributed by atoms with Crippen LogP contribution in [0.4, 0.5) is 4.39 Å². The van der Waals surface area contributed by atoms with Gasteiger partial charge in [0.15, 0.2) is 0 Å². The summed E-state index contributed by atoms with van der Waals surface area (Å²) in [4.78, 5) is 0. The van der Waals surface area contributed by atoms with E-state index in [2.05, 4.69) is 0 Å². The summed E-state index contributed by atoms with van der Waals surface area (Å²) in [7, 11) is 0. The number of halogens is 1. The molecule has 0 unspecified atom stereocenters. The average Bonchev–Trinajstić information content (AvgIpc) is 2.82. The lowest BCUT2D eigenvalue weighted by Gasteiger charge is -2.27. The molecule has 3 rings (SSSR count). The van der Waals surface area contributed by atoms with Gasteiger partial charge in [-0.2, -0.15) is 0 Å². The lowest BCUT2D eigenvalue weighted by atomic mass is 9.73. The van der Waals surface area contributed by atoms with Crippen molar-refractivity contribution in [3.8, 4) is 0 Å². The van der Waals surface area contributed by atoms with Crippen LogP contribution in [0.1, 0.15) is 12.5 Å². The monoisotopic (exact) mass is 222 g/mol. The molecule has 0 aromatic heterocycles. The zero-order valence-corrected chi connectivity index (χ0v) is 9.28. The van der Waals surface area contributed by atoms with Gasteiger partial charge in [-0.25, -0.2) is 4.39 Å². The molecule has 1 aromatic rings. The first-order chi connectivity index (χ1) is 7.74. The minimum absolute atomic E-state index is 0.143. The molecule has 0 radical (unpaired) electrons. The Morgan fingerprint density at radius 2 is 2.12 bits per heavy atom. The van der Waals surface area contributed by atoms with Crippen molar-refractivity contribution in [1.29, 1.82) is 0 Å². The van der Waals surface area contributed by atoms with Crippen LogP contribution in [0.25, 0.3) is 0 Å². The van der Waals surface area contributed by atoms with Crippen LogP contribution in [-0.2, 0) is 14.9 Å². The summed E-state index contributed by atoms with van der Waals surface area (Å²) in [6.07, 6.45) is 0.155. The number of ether oxygens (including phenoxy) is 2. The summed E-state index contributed by atoms with van der Waals surface area (Å²) in [5, 5.41) is 0. The van der Waals surface area contributed by atoms with E-state index >= 15 is 0 Å². The highest BCUT2D eigenvalue weighted by Crippen LogP contribution is 2.46. The smallest absolute Gasteiger partial charge is 0.127 e. The van der Waals surface area contributed by atoms with Gasteiger partial charge in [0.05, 0.1) is 31.3 Å². The Bertz CT molecular complexity index is 407. The largest absolute Gasteiger partial charge is 0.380 e. The summed E-state index contributed by atoms with van der Waals surface area (Å²) in [5.41, 5.74) is 0.493. The van der Waals surface area contributed by atoms with E-state index in [1.165, 1.54) is 6.07 Å². The fourth-order valence-corrected chi connectivity index (χ4v) is 2.98. The molecule has 0 amide bonds. The molecule has 2 saturated heterocycles. The van der Waals surface area contributed by atoms with E-state index in [1.54, 1.807) is 6.07 Å². The molecule has 3 atom stereocenters. The highest BCUT2D eigenvalue weighted by atomic mass is 19.1. The Balaban J connectivity index is 2.08. The van der Waals surface area contributed by atoms with Crippen LogP contribution in [0.15, 0.2) is 24.3 Å². The van der Waals surface area contributed by atoms with Gasteiger partial charge in [0.1, 0.15) is 5.82 Å². The molecule has 2 aliphatic rings. The highest BCUT2D eigenvalue weighted by Gasteiger charge is 2.54. The van der Waals surface area contributed by atoms with E-state index < -0.39 is 0 Å². The van der Waals surface area contributed by atoms with Crippen LogP contribution in [0, 0.1) is 11.7 Å². The Morgan fingerprint density at radius 3 is 2.94 bits per heavy atom. The van der Waals surface area contributed by atoms with Gasteiger partial charge in [-0.05, 0) is 18.6 Å². The number of rotatable bonds is 1. The molecule has 3 heteroatoms. The summed E-state index contributed by atoms with van der Waals surface area (Å²) in [6.45, 7) is 3.86. The van der Waals surface area contributed by atoms with Crippen molar-refractivity contribution in [2.24, 2.45) is 5.92 Å². The molecule has 2 fully saturated rings. The molecule has 0 bridgehead atoms. The molecule has 16 heavy (non-hydrogen) atoms. The molecule has 2 aliphatic heterocycles. The van der Waals surface area contributed by atoms with Gasteiger partial charge >= 0.3 is 0 Å². The van der Waals surface area contributed by atoms with E-state index in [9.17, 15) is 4.39 Å². The predicted octanol–water partition coefficient (Wildman–Crippen LogP) is 2.13. The van der Waals surface area contributed by atoms with Crippen molar-refractivity contribution in [3.63, 3.8) is 0 Å². The van der Waals surface area contributed by atoms with E-state index in [0.717, 1.165) is 5.56 Å². The highest BCUT2D eigenvalue weighted by molar-refractivity contribution is 5.31. The van der Waals surface area contributed by atoms with Crippen molar-refractivity contribution >= 4 is 0 Å². The number of fused-ring (bicyclic) bond motifs is 1. The predicted molar refractivity (Wildman–Crippen MR) is 57.8 cm³/mol. The molecule has 2 nitrogen and oxygen atoms in total. The zero-order valence-electron chi connectivity index (χ0n) is 9.28. The van der Waals surface area contributed by atoms with Gasteiger partial charge < -0.3 is 9.47 Å². The fourth-order valence-electron chi connectivity index (χ4n) is 2.98. The first kappa shape index (κ1) is 10.2. The Kier molecular flexibility index (Phi) is 2.26. The molecule has 0 saturated carbocycles. The third kappa shape index (κ3) is 1.25. The van der Waals surface area contributed by atoms with Gasteiger partial charge in [-0.15, -0.1) is 0 Å². The summed E-state index contributed by atoms with van der Waals surface area (Å²) in [5.74, 6) is 0.139. The summed E-state index contributed by atoms with van der Waals surface area (Å²) < 4.78 is 25.1. The first-order valence-electron chi connectivity index (χ1n) is 5.68. The normalized spacial score (nSPS) is 37.6. The maximum absolute atomic E-state index is 13.9. The molecular weight excluding hydrogens is 207 g/mol. The van der Waals surface area contributed by atoms with E-state index in [-0.39, 0.29) is 23.3 Å². The second-order valence-electron chi connectivity index (χ2n) is 4.77. The zero-order chi connectivity index (χ0) is 11.2. The van der Waals surface area contributed by atoms with Gasteiger partial charge in [0.2, 0.25) is 0 Å². The minimum Gasteiger partial charge on any atom is -0.380 e. The average molecular weight is 222 g/mol. The molecule has 2 heterocycles. The van der Waals surface area contributed by atoms with Crippen molar-refractivity contribution in [2.75, 3.05) is 19.8 Å². The molecule has 0 aliphatic carbocycles. The lowest BCUT2D eigenvalue weighted by Crippen LogP contribution is -2.35. The topological polar surface area (TPSA) is 18.5 Å². The molecule has 0 spiro atoms. The molecular formula is C13H15FO2. The maximum atomic E-state index is 13.9. The lowest BCUT2D eigenvalue weighted by molar-refractivity contribution is 0.0577. The second kappa shape index (κ2) is 3.54. The van der Waals surface area contributed by atoms with Crippen LogP contribution >= 0.6 is 0 Å². The van der Waals surface area contributed by atoms with E-state index in [0.29, 0.717) is 19.8 Å². The Hall–Kier alpha value is -0.930. The number of benzene rings is 1. The van der Waals surface area contributed by atoms with Crippen LogP contribution < -0.4 is 0 Å². The van der Waals surface area contributed by atoms with Crippen LogP contribution in [0.3, 0.4) is 0 Å². The third-order valence-corrected chi connectivity index (χ3v) is 3.95. The Labute approximate surface area is 94.4 Å². The molecule has 86 valence electrons. The minimum atomic E-state index is -0.259. The van der Waals surface area contributed by atoms with Gasteiger partial charge in [-0.3, -0.25) is 0 Å².